The van der Waals surface area contributed by atoms with E-state index in [0.717, 1.165) is 42.5 Å². The Bertz CT molecular complexity index is 1020. The molecule has 0 radical (unpaired) electrons. The zero-order chi connectivity index (χ0) is 19.8. The smallest absolute Gasteiger partial charge is 0.195 e. The Morgan fingerprint density at radius 3 is 2.69 bits per heavy atom. The normalized spacial score (nSPS) is 23.9. The second kappa shape index (κ2) is 7.44. The lowest BCUT2D eigenvalue weighted by molar-refractivity contribution is 0.0932. The number of benzene rings is 1. The largest absolute Gasteiger partial charge is 0.506 e. The molecule has 0 amide bonds. The van der Waals surface area contributed by atoms with Crippen molar-refractivity contribution in [2.75, 3.05) is 19.6 Å². The van der Waals surface area contributed by atoms with Crippen LogP contribution in [0.3, 0.4) is 0 Å². The number of ketones is 1. The fourth-order valence-corrected chi connectivity index (χ4v) is 4.78. The van der Waals surface area contributed by atoms with Crippen molar-refractivity contribution in [1.82, 2.24) is 14.9 Å². The van der Waals surface area contributed by atoms with E-state index in [1.165, 1.54) is 12.3 Å². The minimum Gasteiger partial charge on any atom is -0.506 e. The number of pyridine rings is 2. The number of nitrogens with zero attached hydrogens (tertiary/aromatic N) is 3. The van der Waals surface area contributed by atoms with E-state index < -0.39 is 0 Å². The van der Waals surface area contributed by atoms with Gasteiger partial charge in [0.1, 0.15) is 17.2 Å². The molecule has 1 saturated heterocycles. The Balaban J connectivity index is 1.19. The molecular weight excluding hydrogens is 366 g/mol. The molecular formula is C23H23N3O3. The van der Waals surface area contributed by atoms with Crippen LogP contribution in [0.2, 0.25) is 0 Å². The van der Waals surface area contributed by atoms with Gasteiger partial charge in [-0.2, -0.15) is 0 Å². The van der Waals surface area contributed by atoms with Crippen molar-refractivity contribution in [3.8, 4) is 11.5 Å². The van der Waals surface area contributed by atoms with Crippen molar-refractivity contribution >= 4 is 16.6 Å². The third-order valence-corrected chi connectivity index (χ3v) is 6.12. The van der Waals surface area contributed by atoms with E-state index in [9.17, 15) is 9.90 Å². The lowest BCUT2D eigenvalue weighted by Crippen LogP contribution is -2.30. The SMILES string of the molecule is O=C(CN1C[C@H]2C[C@H](Oc3cccc4cnccc34)C[C@H]2C1)c1ccc(O)cn1. The number of likely N-dealkylation sites (tertiary alicyclic amines) is 1. The first kappa shape index (κ1) is 18.1. The lowest BCUT2D eigenvalue weighted by Gasteiger charge is -2.20. The van der Waals surface area contributed by atoms with E-state index in [1.54, 1.807) is 12.3 Å². The number of hydrogen-bond donors (Lipinski definition) is 1. The maximum Gasteiger partial charge on any atom is 0.195 e. The number of aromatic hydroxyl groups is 1. The van der Waals surface area contributed by atoms with Crippen LogP contribution >= 0.6 is 0 Å². The Kier molecular flexibility index (Phi) is 4.64. The van der Waals surface area contributed by atoms with Gasteiger partial charge < -0.3 is 9.84 Å². The molecule has 1 aliphatic heterocycles. The molecule has 0 unspecified atom stereocenters. The zero-order valence-electron chi connectivity index (χ0n) is 16.1. The Labute approximate surface area is 169 Å². The fourth-order valence-electron chi connectivity index (χ4n) is 4.78. The van der Waals surface area contributed by atoms with Gasteiger partial charge in [-0.05, 0) is 48.9 Å². The molecule has 0 bridgehead atoms. The topological polar surface area (TPSA) is 75.6 Å². The number of ether oxygens (including phenoxy) is 1. The zero-order valence-corrected chi connectivity index (χ0v) is 16.1. The number of hydrogen-bond acceptors (Lipinski definition) is 6. The third kappa shape index (κ3) is 3.68. The van der Waals surface area contributed by atoms with Crippen LogP contribution in [-0.4, -0.2) is 51.5 Å². The molecule has 3 heterocycles. The van der Waals surface area contributed by atoms with Gasteiger partial charge in [0, 0.05) is 36.3 Å². The molecule has 2 fully saturated rings. The highest BCUT2D eigenvalue weighted by atomic mass is 16.5. The summed E-state index contributed by atoms with van der Waals surface area (Å²) in [5.41, 5.74) is 0.409. The molecule has 3 aromatic rings. The molecule has 6 nitrogen and oxygen atoms in total. The van der Waals surface area contributed by atoms with Crippen molar-refractivity contribution in [2.45, 2.75) is 18.9 Å². The van der Waals surface area contributed by atoms with Gasteiger partial charge in [0.05, 0.1) is 18.8 Å². The van der Waals surface area contributed by atoms with E-state index in [-0.39, 0.29) is 17.6 Å². The van der Waals surface area contributed by atoms with Gasteiger partial charge in [-0.1, -0.05) is 12.1 Å². The van der Waals surface area contributed by atoms with Gasteiger partial charge in [-0.25, -0.2) is 4.98 Å². The molecule has 1 aliphatic carbocycles. The molecule has 0 spiro atoms. The molecule has 2 aromatic heterocycles. The maximum atomic E-state index is 12.4. The predicted octanol–water partition coefficient (Wildman–Crippen LogP) is 3.31. The third-order valence-electron chi connectivity index (χ3n) is 6.12. The second-order valence-corrected chi connectivity index (χ2v) is 8.10. The number of carbonyl (C=O) groups is 1. The average molecular weight is 389 g/mol. The van der Waals surface area contributed by atoms with E-state index in [2.05, 4.69) is 20.9 Å². The first-order chi connectivity index (χ1) is 14.2. The maximum absolute atomic E-state index is 12.4. The lowest BCUT2D eigenvalue weighted by atomic mass is 10.0. The summed E-state index contributed by atoms with van der Waals surface area (Å²) >= 11 is 0. The van der Waals surface area contributed by atoms with Crippen molar-refractivity contribution < 1.29 is 14.6 Å². The fraction of sp³-hybridized carbons (Fsp3) is 0.348. The van der Waals surface area contributed by atoms with Crippen molar-refractivity contribution in [3.63, 3.8) is 0 Å². The molecule has 1 saturated carbocycles. The molecule has 5 rings (SSSR count). The average Bonchev–Trinajstić information content (AvgIpc) is 3.26. The van der Waals surface area contributed by atoms with Crippen molar-refractivity contribution in [3.05, 3.63) is 60.7 Å². The van der Waals surface area contributed by atoms with Crippen molar-refractivity contribution in [2.24, 2.45) is 11.8 Å². The Hall–Kier alpha value is -2.99. The highest BCUT2D eigenvalue weighted by molar-refractivity contribution is 5.95. The number of carbonyl (C=O) groups excluding carboxylic acids is 1. The van der Waals surface area contributed by atoms with Gasteiger partial charge in [0.25, 0.3) is 0 Å². The summed E-state index contributed by atoms with van der Waals surface area (Å²) in [6, 6.07) is 11.2. The van der Waals surface area contributed by atoms with Gasteiger partial charge in [0.2, 0.25) is 0 Å². The summed E-state index contributed by atoms with van der Waals surface area (Å²) < 4.78 is 6.37. The first-order valence-electron chi connectivity index (χ1n) is 10.1. The van der Waals surface area contributed by atoms with Crippen molar-refractivity contribution in [1.29, 1.82) is 0 Å². The molecule has 1 aromatic carbocycles. The number of Topliss-reactive ketones (excluding diaryl/α,β-unsaturated/α-hetero) is 1. The monoisotopic (exact) mass is 389 g/mol. The second-order valence-electron chi connectivity index (χ2n) is 8.10. The molecule has 148 valence electrons. The quantitative estimate of drug-likeness (QED) is 0.675. The van der Waals surface area contributed by atoms with Crippen LogP contribution in [0, 0.1) is 11.8 Å². The summed E-state index contributed by atoms with van der Waals surface area (Å²) in [6.07, 6.45) is 7.25. The standard InChI is InChI=1S/C23H23N3O3/c27-18-4-5-21(25-11-18)22(28)14-26-12-16-8-19(9-17(16)13-26)29-23-3-1-2-15-10-24-7-6-20(15)23/h1-7,10-11,16-17,19,27H,8-9,12-14H2/t16-,17+,19+. The number of aromatic nitrogens is 2. The van der Waals surface area contributed by atoms with Crippen LogP contribution in [0.4, 0.5) is 0 Å². The highest BCUT2D eigenvalue weighted by Gasteiger charge is 2.42. The van der Waals surface area contributed by atoms with Gasteiger partial charge in [-0.15, -0.1) is 0 Å². The Morgan fingerprint density at radius 1 is 1.10 bits per heavy atom. The van der Waals surface area contributed by atoms with E-state index in [0.29, 0.717) is 24.1 Å². The molecule has 3 atom stereocenters. The van der Waals surface area contributed by atoms with Crippen LogP contribution in [0.5, 0.6) is 11.5 Å². The Morgan fingerprint density at radius 2 is 1.93 bits per heavy atom. The molecule has 29 heavy (non-hydrogen) atoms. The minimum absolute atomic E-state index is 0.00198. The first-order valence-corrected chi connectivity index (χ1v) is 10.1. The van der Waals surface area contributed by atoms with Gasteiger partial charge in [-0.3, -0.25) is 14.7 Å². The van der Waals surface area contributed by atoms with Gasteiger partial charge >= 0.3 is 0 Å². The highest BCUT2D eigenvalue weighted by Crippen LogP contribution is 2.40. The number of fused-ring (bicyclic) bond motifs is 2. The van der Waals surface area contributed by atoms with Crippen LogP contribution in [0.1, 0.15) is 23.3 Å². The molecule has 2 aliphatic rings. The number of rotatable bonds is 5. The van der Waals surface area contributed by atoms with Gasteiger partial charge in [0.15, 0.2) is 5.78 Å². The van der Waals surface area contributed by atoms with E-state index in [4.69, 9.17) is 4.74 Å². The minimum atomic E-state index is 0.00198. The van der Waals surface area contributed by atoms with E-state index >= 15 is 0 Å². The molecule has 1 N–H and O–H groups in total. The summed E-state index contributed by atoms with van der Waals surface area (Å²) in [4.78, 5) is 22.9. The van der Waals surface area contributed by atoms with Crippen LogP contribution in [0.15, 0.2) is 55.0 Å². The summed E-state index contributed by atoms with van der Waals surface area (Å²) in [5.74, 6) is 2.14. The van der Waals surface area contributed by atoms with E-state index in [1.807, 2.05) is 24.4 Å². The summed E-state index contributed by atoms with van der Waals surface area (Å²) in [6.45, 7) is 2.23. The van der Waals surface area contributed by atoms with Crippen LogP contribution in [0.25, 0.3) is 10.8 Å². The predicted molar refractivity (Wildman–Crippen MR) is 109 cm³/mol. The summed E-state index contributed by atoms with van der Waals surface area (Å²) in [5, 5.41) is 11.5. The van der Waals surface area contributed by atoms with Crippen LogP contribution < -0.4 is 4.74 Å². The van der Waals surface area contributed by atoms with Crippen LogP contribution in [-0.2, 0) is 0 Å². The summed E-state index contributed by atoms with van der Waals surface area (Å²) in [7, 11) is 0. The molecule has 6 heteroatoms.